The Kier molecular flexibility index (Phi) is 6.65. The van der Waals surface area contributed by atoms with Gasteiger partial charge in [-0.05, 0) is 11.7 Å². The molecule has 1 amide bonds. The normalized spacial score (nSPS) is 21.5. The maximum Gasteiger partial charge on any atom is 0.306 e. The second kappa shape index (κ2) is 7.75. The van der Waals surface area contributed by atoms with Crippen LogP contribution in [0.1, 0.15) is 27.2 Å². The van der Waals surface area contributed by atoms with E-state index in [0.29, 0.717) is 19.7 Å². The molecule has 6 heteroatoms. The van der Waals surface area contributed by atoms with E-state index in [2.05, 4.69) is 0 Å². The third-order valence-electron chi connectivity index (χ3n) is 3.05. The number of rotatable bonds is 6. The van der Waals surface area contributed by atoms with Crippen LogP contribution in [0.2, 0.25) is 0 Å². The molecule has 19 heavy (non-hydrogen) atoms. The molecule has 1 N–H and O–H groups in total. The summed E-state index contributed by atoms with van der Waals surface area (Å²) in [6.45, 7) is 7.49. The van der Waals surface area contributed by atoms with Gasteiger partial charge in [-0.1, -0.05) is 20.8 Å². The van der Waals surface area contributed by atoms with Crippen LogP contribution in [0.15, 0.2) is 0 Å². The number of nitrogens with zero attached hydrogens (tertiary/aromatic N) is 1. The van der Waals surface area contributed by atoms with Crippen LogP contribution in [-0.2, 0) is 14.3 Å². The molecule has 1 fully saturated rings. The van der Waals surface area contributed by atoms with Gasteiger partial charge < -0.3 is 14.7 Å². The predicted molar refractivity (Wildman–Crippen MR) is 75.3 cm³/mol. The lowest BCUT2D eigenvalue weighted by Crippen LogP contribution is -2.50. The molecule has 0 aliphatic carbocycles. The molecule has 1 rings (SSSR count). The molecule has 2 atom stereocenters. The molecule has 110 valence electrons. The molecule has 1 aliphatic heterocycles. The Morgan fingerprint density at radius 2 is 2.16 bits per heavy atom. The van der Waals surface area contributed by atoms with Crippen molar-refractivity contribution in [3.05, 3.63) is 0 Å². The molecule has 1 heterocycles. The van der Waals surface area contributed by atoms with Crippen LogP contribution in [-0.4, -0.2) is 58.7 Å². The fraction of sp³-hybridized carbons (Fsp3) is 0.846. The molecule has 0 aromatic rings. The number of morpholine rings is 1. The maximum atomic E-state index is 12.5. The Morgan fingerprint density at radius 3 is 2.68 bits per heavy atom. The van der Waals surface area contributed by atoms with E-state index >= 15 is 0 Å². The molecule has 0 radical (unpaired) electrons. The van der Waals surface area contributed by atoms with Gasteiger partial charge in [0.05, 0.1) is 24.4 Å². The van der Waals surface area contributed by atoms with Crippen molar-refractivity contribution in [3.8, 4) is 0 Å². The van der Waals surface area contributed by atoms with E-state index in [1.54, 1.807) is 16.7 Å². The van der Waals surface area contributed by atoms with Gasteiger partial charge >= 0.3 is 5.97 Å². The molecule has 0 spiro atoms. The zero-order chi connectivity index (χ0) is 14.4. The number of thioether (sulfide) groups is 1. The Morgan fingerprint density at radius 1 is 1.47 bits per heavy atom. The topological polar surface area (TPSA) is 66.8 Å². The third kappa shape index (κ3) is 5.03. The summed E-state index contributed by atoms with van der Waals surface area (Å²) >= 11 is 1.65. The van der Waals surface area contributed by atoms with Crippen molar-refractivity contribution in [1.82, 2.24) is 4.90 Å². The molecule has 0 bridgehead atoms. The molecule has 0 aromatic heterocycles. The second-order valence-electron chi connectivity index (χ2n) is 4.99. The molecule has 1 aliphatic rings. The van der Waals surface area contributed by atoms with Gasteiger partial charge in [0.15, 0.2) is 0 Å². The van der Waals surface area contributed by atoms with Crippen LogP contribution in [0.5, 0.6) is 0 Å². The molecule has 1 saturated heterocycles. The Labute approximate surface area is 118 Å². The molecule has 2 unspecified atom stereocenters. The number of carboxylic acid groups (broad SMARTS) is 1. The van der Waals surface area contributed by atoms with E-state index in [9.17, 15) is 9.59 Å². The van der Waals surface area contributed by atoms with Gasteiger partial charge in [0, 0.05) is 13.1 Å². The number of amides is 1. The van der Waals surface area contributed by atoms with E-state index in [4.69, 9.17) is 9.84 Å². The van der Waals surface area contributed by atoms with Crippen molar-refractivity contribution in [2.75, 3.05) is 25.4 Å². The minimum Gasteiger partial charge on any atom is -0.481 e. The minimum absolute atomic E-state index is 0.0446. The van der Waals surface area contributed by atoms with Gasteiger partial charge in [-0.2, -0.15) is 0 Å². The fourth-order valence-electron chi connectivity index (χ4n) is 2.15. The summed E-state index contributed by atoms with van der Waals surface area (Å²) in [5.74, 6) is 0.402. The first-order chi connectivity index (χ1) is 8.95. The van der Waals surface area contributed by atoms with Crippen molar-refractivity contribution in [2.24, 2.45) is 5.92 Å². The molecular weight excluding hydrogens is 266 g/mol. The number of ether oxygens (including phenoxy) is 1. The highest BCUT2D eigenvalue weighted by atomic mass is 32.2. The largest absolute Gasteiger partial charge is 0.481 e. The lowest BCUT2D eigenvalue weighted by atomic mass is 10.1. The van der Waals surface area contributed by atoms with Gasteiger partial charge in [-0.15, -0.1) is 11.8 Å². The summed E-state index contributed by atoms with van der Waals surface area (Å²) in [5, 5.41) is 8.74. The van der Waals surface area contributed by atoms with Crippen LogP contribution in [0.3, 0.4) is 0 Å². The van der Waals surface area contributed by atoms with Crippen molar-refractivity contribution in [1.29, 1.82) is 0 Å². The van der Waals surface area contributed by atoms with Crippen molar-refractivity contribution in [2.45, 2.75) is 38.5 Å². The summed E-state index contributed by atoms with van der Waals surface area (Å²) in [4.78, 5) is 24.9. The monoisotopic (exact) mass is 289 g/mol. The number of aliphatic carboxylic acids is 1. The maximum absolute atomic E-state index is 12.5. The van der Waals surface area contributed by atoms with Gasteiger partial charge in [-0.25, -0.2) is 0 Å². The zero-order valence-electron chi connectivity index (χ0n) is 11.8. The lowest BCUT2D eigenvalue weighted by molar-refractivity contribution is -0.147. The Hall–Kier alpha value is -0.750. The van der Waals surface area contributed by atoms with E-state index in [0.717, 1.165) is 5.75 Å². The lowest BCUT2D eigenvalue weighted by Gasteiger charge is -2.35. The number of carboxylic acids is 1. The van der Waals surface area contributed by atoms with Crippen molar-refractivity contribution < 1.29 is 19.4 Å². The number of hydrogen-bond donors (Lipinski definition) is 1. The highest BCUT2D eigenvalue weighted by molar-refractivity contribution is 8.00. The molecule has 0 aromatic carbocycles. The number of hydrogen-bond acceptors (Lipinski definition) is 4. The van der Waals surface area contributed by atoms with Crippen LogP contribution in [0.4, 0.5) is 0 Å². The number of carbonyl (C=O) groups is 2. The van der Waals surface area contributed by atoms with Crippen LogP contribution < -0.4 is 0 Å². The minimum atomic E-state index is -0.886. The summed E-state index contributed by atoms with van der Waals surface area (Å²) in [6.07, 6.45) is -0.425. The van der Waals surface area contributed by atoms with Crippen LogP contribution in [0, 0.1) is 5.92 Å². The summed E-state index contributed by atoms with van der Waals surface area (Å²) in [6, 6.07) is 0. The Bertz CT molecular complexity index is 322. The molecule has 5 nitrogen and oxygen atoms in total. The highest BCUT2D eigenvalue weighted by Crippen LogP contribution is 2.23. The van der Waals surface area contributed by atoms with Gasteiger partial charge in [0.25, 0.3) is 0 Å². The molecule has 0 saturated carbocycles. The third-order valence-corrected chi connectivity index (χ3v) is 4.49. The van der Waals surface area contributed by atoms with Crippen molar-refractivity contribution >= 4 is 23.6 Å². The first-order valence-electron chi connectivity index (χ1n) is 6.69. The van der Waals surface area contributed by atoms with Crippen LogP contribution >= 0.6 is 11.8 Å². The quantitative estimate of drug-likeness (QED) is 0.802. The van der Waals surface area contributed by atoms with Crippen LogP contribution in [0.25, 0.3) is 0 Å². The first-order valence-corrected chi connectivity index (χ1v) is 7.74. The number of carbonyl (C=O) groups excluding carboxylic acids is 1. The molecular formula is C13H23NO4S. The SMILES string of the molecule is CCSC(C(=O)N1CCOC(CC(=O)O)C1)C(C)C. The van der Waals surface area contributed by atoms with E-state index in [1.165, 1.54) is 0 Å². The van der Waals surface area contributed by atoms with Gasteiger partial charge in [0.1, 0.15) is 0 Å². The highest BCUT2D eigenvalue weighted by Gasteiger charge is 2.31. The standard InChI is InChI=1S/C13H23NO4S/c1-4-19-12(9(2)3)13(17)14-5-6-18-10(8-14)7-11(15)16/h9-10,12H,4-8H2,1-3H3,(H,15,16). The predicted octanol–water partition coefficient (Wildman–Crippen LogP) is 1.47. The Balaban J connectivity index is 2.61. The summed E-state index contributed by atoms with van der Waals surface area (Å²) in [7, 11) is 0. The summed E-state index contributed by atoms with van der Waals surface area (Å²) < 4.78 is 5.39. The smallest absolute Gasteiger partial charge is 0.306 e. The fourth-order valence-corrected chi connectivity index (χ4v) is 3.18. The van der Waals surface area contributed by atoms with E-state index in [-0.39, 0.29) is 29.6 Å². The summed E-state index contributed by atoms with van der Waals surface area (Å²) in [5.41, 5.74) is 0. The zero-order valence-corrected chi connectivity index (χ0v) is 12.6. The average Bonchev–Trinajstić information content (AvgIpc) is 2.34. The van der Waals surface area contributed by atoms with Gasteiger partial charge in [0.2, 0.25) is 5.91 Å². The second-order valence-corrected chi connectivity index (χ2v) is 6.41. The van der Waals surface area contributed by atoms with Crippen molar-refractivity contribution in [3.63, 3.8) is 0 Å². The first kappa shape index (κ1) is 16.3. The average molecular weight is 289 g/mol. The van der Waals surface area contributed by atoms with E-state index in [1.807, 2.05) is 20.8 Å². The van der Waals surface area contributed by atoms with E-state index < -0.39 is 5.97 Å². The van der Waals surface area contributed by atoms with Gasteiger partial charge in [-0.3, -0.25) is 9.59 Å².